The number of methoxy groups -OCH3 is 1. The molecule has 2 aromatic carbocycles. The van der Waals surface area contributed by atoms with Crippen LogP contribution in [0.2, 0.25) is 0 Å². The van der Waals surface area contributed by atoms with Gasteiger partial charge in [0.25, 0.3) is 5.91 Å². The maximum absolute atomic E-state index is 13.5. The fourth-order valence-corrected chi connectivity index (χ4v) is 2.06. The number of nitrogens with one attached hydrogen (secondary N) is 2. The van der Waals surface area contributed by atoms with E-state index in [2.05, 4.69) is 15.8 Å². The zero-order chi connectivity index (χ0) is 17.4. The molecule has 0 aromatic heterocycles. The number of nitrogens with zero attached hydrogens (tertiary/aromatic N) is 1. The molecular weight excluding hydrogens is 309 g/mol. The lowest BCUT2D eigenvalue weighted by Crippen LogP contribution is -2.36. The first-order valence-corrected chi connectivity index (χ1v) is 7.62. The van der Waals surface area contributed by atoms with Crippen molar-refractivity contribution >= 4 is 17.8 Å². The summed E-state index contributed by atoms with van der Waals surface area (Å²) in [5.74, 6) is 0.0624. The van der Waals surface area contributed by atoms with E-state index in [1.54, 1.807) is 25.3 Å². The van der Waals surface area contributed by atoms with Gasteiger partial charge in [-0.15, -0.1) is 0 Å². The summed E-state index contributed by atoms with van der Waals surface area (Å²) in [7, 11) is 1.60. The molecule has 6 heteroatoms. The van der Waals surface area contributed by atoms with E-state index in [0.717, 1.165) is 11.4 Å². The summed E-state index contributed by atoms with van der Waals surface area (Å²) in [4.78, 5) is 12.2. The van der Waals surface area contributed by atoms with Gasteiger partial charge in [-0.25, -0.2) is 9.82 Å². The van der Waals surface area contributed by atoms with E-state index in [1.807, 2.05) is 31.2 Å². The summed E-state index contributed by atoms with van der Waals surface area (Å²) in [5.41, 5.74) is 3.54. The molecule has 0 saturated carbocycles. The molecule has 0 heterocycles. The van der Waals surface area contributed by atoms with Crippen LogP contribution in [0, 0.1) is 5.82 Å². The van der Waals surface area contributed by atoms with E-state index in [-0.39, 0.29) is 11.7 Å². The maximum atomic E-state index is 13.5. The molecule has 2 N–H and O–H groups in total. The lowest BCUT2D eigenvalue weighted by atomic mass is 10.2. The molecule has 2 aromatic rings. The fourth-order valence-electron chi connectivity index (χ4n) is 2.06. The molecule has 0 spiro atoms. The molecule has 0 saturated heterocycles. The first-order valence-electron chi connectivity index (χ1n) is 7.62. The number of ether oxygens (including phenoxy) is 1. The molecule has 5 nitrogen and oxygen atoms in total. The van der Waals surface area contributed by atoms with Gasteiger partial charge in [0.2, 0.25) is 0 Å². The van der Waals surface area contributed by atoms with E-state index in [4.69, 9.17) is 4.74 Å². The van der Waals surface area contributed by atoms with Crippen LogP contribution in [0.25, 0.3) is 0 Å². The lowest BCUT2D eigenvalue weighted by Gasteiger charge is -2.16. The number of hydrazone groups is 1. The highest BCUT2D eigenvalue weighted by Crippen LogP contribution is 2.16. The molecule has 0 unspecified atom stereocenters. The van der Waals surface area contributed by atoms with Crippen LogP contribution in [-0.2, 0) is 4.79 Å². The molecule has 0 bridgehead atoms. The second-order valence-electron chi connectivity index (χ2n) is 5.09. The minimum atomic E-state index is -0.448. The summed E-state index contributed by atoms with van der Waals surface area (Å²) in [5, 5.41) is 6.94. The van der Waals surface area contributed by atoms with Crippen molar-refractivity contribution in [2.24, 2.45) is 5.10 Å². The summed E-state index contributed by atoms with van der Waals surface area (Å²) in [6.45, 7) is 1.89. The number of carbonyl (C=O) groups excluding carboxylic acids is 1. The molecule has 1 atom stereocenters. The number of benzene rings is 2. The van der Waals surface area contributed by atoms with Gasteiger partial charge in [0.1, 0.15) is 17.6 Å². The molecule has 0 aliphatic rings. The van der Waals surface area contributed by atoms with Crippen molar-refractivity contribution in [3.63, 3.8) is 0 Å². The molecular formula is C18H20FN3O2. The molecule has 2 rings (SSSR count). The first-order chi connectivity index (χ1) is 11.6. The topological polar surface area (TPSA) is 62.7 Å². The molecule has 0 radical (unpaired) electrons. The number of hydrogen-bond acceptors (Lipinski definition) is 4. The Hall–Kier alpha value is -2.89. The molecule has 126 valence electrons. The number of hydrogen-bond donors (Lipinski definition) is 2. The monoisotopic (exact) mass is 329 g/mol. The summed E-state index contributed by atoms with van der Waals surface area (Å²) < 4.78 is 18.6. The van der Waals surface area contributed by atoms with E-state index >= 15 is 0 Å². The van der Waals surface area contributed by atoms with Crippen LogP contribution in [0.1, 0.15) is 18.9 Å². The van der Waals surface area contributed by atoms with Gasteiger partial charge in [-0.3, -0.25) is 4.79 Å². The van der Waals surface area contributed by atoms with E-state index in [9.17, 15) is 9.18 Å². The van der Waals surface area contributed by atoms with E-state index in [1.165, 1.54) is 12.3 Å². The molecule has 0 fully saturated rings. The molecule has 24 heavy (non-hydrogen) atoms. The SMILES string of the molecule is CC[C@H](Nc1ccc(OC)cc1)C(=O)N/N=C\c1ccccc1F. The highest BCUT2D eigenvalue weighted by molar-refractivity contribution is 5.86. The Morgan fingerprint density at radius 2 is 1.96 bits per heavy atom. The Morgan fingerprint density at radius 1 is 1.25 bits per heavy atom. The Morgan fingerprint density at radius 3 is 2.58 bits per heavy atom. The number of anilines is 1. The highest BCUT2D eigenvalue weighted by Gasteiger charge is 2.15. The lowest BCUT2D eigenvalue weighted by molar-refractivity contribution is -0.121. The van der Waals surface area contributed by atoms with Gasteiger partial charge in [-0.1, -0.05) is 25.1 Å². The number of amides is 1. The quantitative estimate of drug-likeness (QED) is 0.606. The normalized spacial score (nSPS) is 12.0. The number of halogens is 1. The van der Waals surface area contributed by atoms with Crippen molar-refractivity contribution < 1.29 is 13.9 Å². The van der Waals surface area contributed by atoms with Crippen molar-refractivity contribution in [2.45, 2.75) is 19.4 Å². The predicted molar refractivity (Wildman–Crippen MR) is 92.8 cm³/mol. The summed E-state index contributed by atoms with van der Waals surface area (Å²) in [6, 6.07) is 13.0. The van der Waals surface area contributed by atoms with Gasteiger partial charge in [0.05, 0.1) is 13.3 Å². The Bertz CT molecular complexity index is 702. The Balaban J connectivity index is 1.94. The third-order valence-corrected chi connectivity index (χ3v) is 3.44. The minimum Gasteiger partial charge on any atom is -0.497 e. The zero-order valence-electron chi connectivity index (χ0n) is 13.6. The molecule has 0 aliphatic heterocycles. The minimum absolute atomic E-state index is 0.291. The summed E-state index contributed by atoms with van der Waals surface area (Å²) >= 11 is 0. The zero-order valence-corrected chi connectivity index (χ0v) is 13.6. The van der Waals surface area contributed by atoms with E-state index in [0.29, 0.717) is 12.0 Å². The van der Waals surface area contributed by atoms with Gasteiger partial charge in [0, 0.05) is 11.3 Å². The van der Waals surface area contributed by atoms with Crippen LogP contribution >= 0.6 is 0 Å². The molecule has 0 aliphatic carbocycles. The average molecular weight is 329 g/mol. The van der Waals surface area contributed by atoms with Crippen LogP contribution in [0.4, 0.5) is 10.1 Å². The Labute approximate surface area is 140 Å². The fraction of sp³-hybridized carbons (Fsp3) is 0.222. The smallest absolute Gasteiger partial charge is 0.262 e. The highest BCUT2D eigenvalue weighted by atomic mass is 19.1. The first kappa shape index (κ1) is 17.5. The van der Waals surface area contributed by atoms with Gasteiger partial charge < -0.3 is 10.1 Å². The third-order valence-electron chi connectivity index (χ3n) is 3.44. The second kappa shape index (κ2) is 8.67. The second-order valence-corrected chi connectivity index (χ2v) is 5.09. The van der Waals surface area contributed by atoms with E-state index < -0.39 is 6.04 Å². The number of carbonyl (C=O) groups is 1. The van der Waals surface area contributed by atoms with Crippen molar-refractivity contribution in [3.05, 3.63) is 59.9 Å². The van der Waals surface area contributed by atoms with Crippen molar-refractivity contribution in [1.29, 1.82) is 0 Å². The standard InChI is InChI=1S/C18H20FN3O2/c1-3-17(21-14-8-10-15(24-2)11-9-14)18(23)22-20-12-13-6-4-5-7-16(13)19/h4-12,17,21H,3H2,1-2H3,(H,22,23)/b20-12-/t17-/m0/s1. The van der Waals surface area contributed by atoms with Crippen LogP contribution in [0.15, 0.2) is 53.6 Å². The van der Waals surface area contributed by atoms with Gasteiger partial charge in [0.15, 0.2) is 0 Å². The van der Waals surface area contributed by atoms with Crippen molar-refractivity contribution in [3.8, 4) is 5.75 Å². The van der Waals surface area contributed by atoms with Crippen LogP contribution < -0.4 is 15.5 Å². The van der Waals surface area contributed by atoms with Gasteiger partial charge in [-0.05, 0) is 36.8 Å². The van der Waals surface area contributed by atoms with Crippen LogP contribution in [0.5, 0.6) is 5.75 Å². The summed E-state index contributed by atoms with van der Waals surface area (Å²) in [6.07, 6.45) is 1.86. The number of rotatable bonds is 7. The van der Waals surface area contributed by atoms with Crippen LogP contribution in [-0.4, -0.2) is 25.3 Å². The van der Waals surface area contributed by atoms with Gasteiger partial charge >= 0.3 is 0 Å². The van der Waals surface area contributed by atoms with Crippen molar-refractivity contribution in [1.82, 2.24) is 5.43 Å². The van der Waals surface area contributed by atoms with Gasteiger partial charge in [-0.2, -0.15) is 5.10 Å². The maximum Gasteiger partial charge on any atom is 0.262 e. The van der Waals surface area contributed by atoms with Crippen molar-refractivity contribution in [2.75, 3.05) is 12.4 Å². The average Bonchev–Trinajstić information content (AvgIpc) is 2.61. The largest absolute Gasteiger partial charge is 0.497 e. The molecule has 1 amide bonds. The van der Waals surface area contributed by atoms with Crippen LogP contribution in [0.3, 0.4) is 0 Å². The Kier molecular flexibility index (Phi) is 6.31. The predicted octanol–water partition coefficient (Wildman–Crippen LogP) is 3.18. The third kappa shape index (κ3) is 4.81.